The predicted molar refractivity (Wildman–Crippen MR) is 111 cm³/mol. The number of hydrogen-bond acceptors (Lipinski definition) is 1. The monoisotopic (exact) mass is 373 g/mol. The average molecular weight is 374 g/mol. The van der Waals surface area contributed by atoms with Crippen LogP contribution in [0, 0.1) is 5.92 Å². The molecule has 3 atom stereocenters. The SMILES string of the molecule is CC(=O)N1c2ccc(Cl)cc2[C@@H]2C=CC[C@H]2[C@H]1c1cccc2ccccc12. The van der Waals surface area contributed by atoms with Crippen molar-refractivity contribution in [2.24, 2.45) is 5.92 Å². The number of benzene rings is 3. The topological polar surface area (TPSA) is 20.3 Å². The van der Waals surface area contributed by atoms with Gasteiger partial charge in [-0.2, -0.15) is 0 Å². The van der Waals surface area contributed by atoms with Gasteiger partial charge >= 0.3 is 0 Å². The molecular formula is C24H20ClNO. The van der Waals surface area contributed by atoms with E-state index >= 15 is 0 Å². The molecule has 2 nitrogen and oxygen atoms in total. The van der Waals surface area contributed by atoms with E-state index in [-0.39, 0.29) is 11.9 Å². The molecule has 1 aliphatic heterocycles. The number of amides is 1. The van der Waals surface area contributed by atoms with Gasteiger partial charge in [0.1, 0.15) is 0 Å². The van der Waals surface area contributed by atoms with E-state index < -0.39 is 0 Å². The van der Waals surface area contributed by atoms with Gasteiger partial charge in [-0.05, 0) is 52.4 Å². The van der Waals surface area contributed by atoms with E-state index in [2.05, 4.69) is 54.6 Å². The zero-order chi connectivity index (χ0) is 18.5. The molecule has 1 aliphatic carbocycles. The number of allylic oxidation sites excluding steroid dienone is 2. The van der Waals surface area contributed by atoms with Crippen LogP contribution >= 0.6 is 11.6 Å². The molecule has 0 radical (unpaired) electrons. The smallest absolute Gasteiger partial charge is 0.224 e. The van der Waals surface area contributed by atoms with Crippen LogP contribution in [0.1, 0.15) is 36.4 Å². The molecule has 0 saturated carbocycles. The molecule has 134 valence electrons. The molecule has 2 aliphatic rings. The first kappa shape index (κ1) is 16.6. The normalized spacial score (nSPS) is 23.3. The maximum Gasteiger partial charge on any atom is 0.224 e. The van der Waals surface area contributed by atoms with Crippen LogP contribution in [0.2, 0.25) is 5.02 Å². The van der Waals surface area contributed by atoms with Gasteiger partial charge in [-0.3, -0.25) is 4.79 Å². The standard InChI is InChI=1S/C24H20ClNO/c1-15(27)26-23-13-12-17(25)14-22(23)19-9-5-11-21(19)24(26)20-10-4-7-16-6-2-3-8-18(16)20/h2-10,12-14,19,21,24H,11H2,1H3/t19-,21-,24-/m1/s1. The maximum atomic E-state index is 12.8. The Morgan fingerprint density at radius 2 is 1.85 bits per heavy atom. The first-order chi connectivity index (χ1) is 13.1. The highest BCUT2D eigenvalue weighted by molar-refractivity contribution is 6.30. The Bertz CT molecular complexity index is 1080. The van der Waals surface area contributed by atoms with Crippen LogP contribution in [-0.4, -0.2) is 5.91 Å². The molecule has 3 aromatic carbocycles. The Hall–Kier alpha value is -2.58. The second-order valence-corrected chi connectivity index (χ2v) is 7.90. The number of fused-ring (bicyclic) bond motifs is 4. The molecule has 1 heterocycles. The Morgan fingerprint density at radius 3 is 2.70 bits per heavy atom. The number of rotatable bonds is 1. The Kier molecular flexibility index (Phi) is 3.84. The largest absolute Gasteiger partial charge is 0.305 e. The summed E-state index contributed by atoms with van der Waals surface area (Å²) in [5.74, 6) is 0.686. The van der Waals surface area contributed by atoms with Gasteiger partial charge in [-0.15, -0.1) is 0 Å². The predicted octanol–water partition coefficient (Wildman–Crippen LogP) is 6.26. The third-order valence-electron chi connectivity index (χ3n) is 5.99. The fourth-order valence-electron chi connectivity index (χ4n) is 4.93. The first-order valence-electron chi connectivity index (χ1n) is 9.39. The molecule has 0 bridgehead atoms. The van der Waals surface area contributed by atoms with Crippen molar-refractivity contribution in [1.82, 2.24) is 0 Å². The van der Waals surface area contributed by atoms with Crippen LogP contribution in [0.15, 0.2) is 72.8 Å². The van der Waals surface area contributed by atoms with E-state index in [1.165, 1.54) is 16.3 Å². The molecule has 0 fully saturated rings. The average Bonchev–Trinajstić information content (AvgIpc) is 3.16. The lowest BCUT2D eigenvalue weighted by atomic mass is 9.75. The molecule has 1 amide bonds. The summed E-state index contributed by atoms with van der Waals surface area (Å²) in [5, 5.41) is 3.15. The van der Waals surface area contributed by atoms with E-state index in [0.29, 0.717) is 11.8 Å². The third kappa shape index (κ3) is 2.51. The number of hydrogen-bond donors (Lipinski definition) is 0. The lowest BCUT2D eigenvalue weighted by molar-refractivity contribution is -0.117. The Labute approximate surface area is 164 Å². The summed E-state index contributed by atoms with van der Waals surface area (Å²) in [6, 6.07) is 20.8. The highest BCUT2D eigenvalue weighted by Crippen LogP contribution is 2.54. The van der Waals surface area contributed by atoms with Gasteiger partial charge < -0.3 is 4.90 Å². The summed E-state index contributed by atoms with van der Waals surface area (Å²) >= 11 is 6.30. The molecule has 0 aromatic heterocycles. The Morgan fingerprint density at radius 1 is 1.04 bits per heavy atom. The molecule has 0 N–H and O–H groups in total. The summed E-state index contributed by atoms with van der Waals surface area (Å²) in [6.45, 7) is 1.67. The van der Waals surface area contributed by atoms with E-state index in [0.717, 1.165) is 22.7 Å². The van der Waals surface area contributed by atoms with Crippen LogP contribution in [-0.2, 0) is 4.79 Å². The summed E-state index contributed by atoms with van der Waals surface area (Å²) in [5.41, 5.74) is 3.37. The van der Waals surface area contributed by atoms with Crippen molar-refractivity contribution in [3.63, 3.8) is 0 Å². The van der Waals surface area contributed by atoms with Crippen molar-refractivity contribution in [2.75, 3.05) is 4.90 Å². The highest BCUT2D eigenvalue weighted by Gasteiger charge is 2.44. The number of anilines is 1. The minimum absolute atomic E-state index is 0.0160. The van der Waals surface area contributed by atoms with Crippen LogP contribution in [0.3, 0.4) is 0 Å². The van der Waals surface area contributed by atoms with Gasteiger partial charge in [0.2, 0.25) is 5.91 Å². The van der Waals surface area contributed by atoms with E-state index in [9.17, 15) is 4.79 Å². The van der Waals surface area contributed by atoms with Crippen molar-refractivity contribution in [3.05, 3.63) is 89.0 Å². The molecule has 0 unspecified atom stereocenters. The molecular weight excluding hydrogens is 354 g/mol. The first-order valence-corrected chi connectivity index (χ1v) is 9.76. The van der Waals surface area contributed by atoms with Gasteiger partial charge in [-0.25, -0.2) is 0 Å². The molecule has 0 saturated heterocycles. The molecule has 27 heavy (non-hydrogen) atoms. The summed E-state index contributed by atoms with van der Waals surface area (Å²) < 4.78 is 0. The van der Waals surface area contributed by atoms with Crippen LogP contribution in [0.5, 0.6) is 0 Å². The van der Waals surface area contributed by atoms with Crippen LogP contribution in [0.25, 0.3) is 10.8 Å². The van der Waals surface area contributed by atoms with E-state index in [4.69, 9.17) is 11.6 Å². The molecule has 3 heteroatoms. The van der Waals surface area contributed by atoms with Crippen LogP contribution in [0.4, 0.5) is 5.69 Å². The Balaban J connectivity index is 1.78. The summed E-state index contributed by atoms with van der Waals surface area (Å²) in [6.07, 6.45) is 5.51. The number of carbonyl (C=O) groups excluding carboxylic acids is 1. The van der Waals surface area contributed by atoms with Crippen molar-refractivity contribution in [2.45, 2.75) is 25.3 Å². The van der Waals surface area contributed by atoms with Crippen molar-refractivity contribution >= 4 is 34.0 Å². The summed E-state index contributed by atoms with van der Waals surface area (Å²) in [4.78, 5) is 14.8. The fraction of sp³-hybridized carbons (Fsp3) is 0.208. The third-order valence-corrected chi connectivity index (χ3v) is 6.22. The quantitative estimate of drug-likeness (QED) is 0.461. The fourth-order valence-corrected chi connectivity index (χ4v) is 5.11. The van der Waals surface area contributed by atoms with Crippen molar-refractivity contribution in [1.29, 1.82) is 0 Å². The number of nitrogens with zero attached hydrogens (tertiary/aromatic N) is 1. The van der Waals surface area contributed by atoms with Crippen molar-refractivity contribution in [3.8, 4) is 0 Å². The number of halogens is 1. The second-order valence-electron chi connectivity index (χ2n) is 7.46. The van der Waals surface area contributed by atoms with Gasteiger partial charge in [-0.1, -0.05) is 66.2 Å². The lowest BCUT2D eigenvalue weighted by Crippen LogP contribution is -2.42. The zero-order valence-electron chi connectivity index (χ0n) is 15.1. The minimum Gasteiger partial charge on any atom is -0.305 e. The zero-order valence-corrected chi connectivity index (χ0v) is 15.9. The van der Waals surface area contributed by atoms with Crippen LogP contribution < -0.4 is 4.90 Å². The highest BCUT2D eigenvalue weighted by atomic mass is 35.5. The number of carbonyl (C=O) groups is 1. The maximum absolute atomic E-state index is 12.8. The van der Waals surface area contributed by atoms with Gasteiger partial charge in [0.05, 0.1) is 6.04 Å². The van der Waals surface area contributed by atoms with E-state index in [1.54, 1.807) is 6.92 Å². The second kappa shape index (κ2) is 6.24. The summed E-state index contributed by atoms with van der Waals surface area (Å²) in [7, 11) is 0. The van der Waals surface area contributed by atoms with Crippen molar-refractivity contribution < 1.29 is 4.79 Å². The van der Waals surface area contributed by atoms with Gasteiger partial charge in [0, 0.05) is 23.6 Å². The van der Waals surface area contributed by atoms with E-state index in [1.807, 2.05) is 23.1 Å². The van der Waals surface area contributed by atoms with Gasteiger partial charge in [0.15, 0.2) is 0 Å². The van der Waals surface area contributed by atoms with Gasteiger partial charge in [0.25, 0.3) is 0 Å². The molecule has 5 rings (SSSR count). The molecule has 0 spiro atoms. The molecule has 3 aromatic rings. The lowest BCUT2D eigenvalue weighted by Gasteiger charge is -2.44. The minimum atomic E-state index is 0.0160.